The first kappa shape index (κ1) is 21.7. The fourth-order valence-electron chi connectivity index (χ4n) is 2.94. The number of carbonyl (C=O) groups excluding carboxylic acids is 1. The van der Waals surface area contributed by atoms with Gasteiger partial charge in [-0.25, -0.2) is 0 Å². The van der Waals surface area contributed by atoms with Crippen LogP contribution in [0.5, 0.6) is 0 Å². The summed E-state index contributed by atoms with van der Waals surface area (Å²) in [6.45, 7) is 6.44. The Hall–Kier alpha value is -2.63. The summed E-state index contributed by atoms with van der Waals surface area (Å²) >= 11 is 5.85. The van der Waals surface area contributed by atoms with Gasteiger partial charge in [0.25, 0.3) is 0 Å². The van der Waals surface area contributed by atoms with Gasteiger partial charge in [0, 0.05) is 23.5 Å². The molecule has 1 fully saturated rings. The van der Waals surface area contributed by atoms with Crippen molar-refractivity contribution in [3.05, 3.63) is 83.4 Å². The zero-order valence-corrected chi connectivity index (χ0v) is 16.5. The molecule has 0 bridgehead atoms. The number of hydrogen-bond donors (Lipinski definition) is 3. The molecule has 28 heavy (non-hydrogen) atoms. The number of carbonyl (C=O) groups is 2. The van der Waals surface area contributed by atoms with E-state index in [4.69, 9.17) is 22.4 Å². The van der Waals surface area contributed by atoms with Crippen LogP contribution in [0.2, 0.25) is 5.02 Å². The van der Waals surface area contributed by atoms with Crippen LogP contribution in [-0.2, 0) is 16.1 Å². The molecule has 0 aromatic heterocycles. The SMILES string of the molecule is C=C[C@@H]1C[C@]1(C(N)=O)C(=O)O.C[C@H](NCc1ccc(Cl)cc1)c1ccccc1. The highest BCUT2D eigenvalue weighted by Crippen LogP contribution is 2.53. The lowest BCUT2D eigenvalue weighted by Crippen LogP contribution is -2.33. The Bertz CT molecular complexity index is 807. The topological polar surface area (TPSA) is 92.4 Å². The van der Waals surface area contributed by atoms with Crippen molar-refractivity contribution in [2.24, 2.45) is 17.1 Å². The summed E-state index contributed by atoms with van der Waals surface area (Å²) in [5.41, 5.74) is 6.14. The highest BCUT2D eigenvalue weighted by molar-refractivity contribution is 6.30. The molecule has 5 nitrogen and oxygen atoms in total. The van der Waals surface area contributed by atoms with Crippen molar-refractivity contribution in [1.29, 1.82) is 0 Å². The van der Waals surface area contributed by atoms with Gasteiger partial charge in [0.05, 0.1) is 0 Å². The summed E-state index contributed by atoms with van der Waals surface area (Å²) in [5.74, 6) is -2.19. The van der Waals surface area contributed by atoms with E-state index < -0.39 is 17.3 Å². The molecule has 3 atom stereocenters. The molecule has 0 saturated heterocycles. The molecule has 2 aromatic rings. The van der Waals surface area contributed by atoms with E-state index >= 15 is 0 Å². The zero-order chi connectivity index (χ0) is 20.7. The van der Waals surface area contributed by atoms with Gasteiger partial charge in [-0.2, -0.15) is 0 Å². The van der Waals surface area contributed by atoms with Gasteiger partial charge in [0.1, 0.15) is 0 Å². The van der Waals surface area contributed by atoms with Crippen LogP contribution < -0.4 is 11.1 Å². The minimum Gasteiger partial charge on any atom is -0.480 e. The van der Waals surface area contributed by atoms with Crippen molar-refractivity contribution >= 4 is 23.5 Å². The number of nitrogens with two attached hydrogens (primary N) is 1. The Kier molecular flexibility index (Phi) is 7.38. The lowest BCUT2D eigenvalue weighted by molar-refractivity contribution is -0.148. The van der Waals surface area contributed by atoms with E-state index in [0.29, 0.717) is 12.5 Å². The Morgan fingerprint density at radius 2 is 1.89 bits per heavy atom. The second-order valence-corrected chi connectivity index (χ2v) is 7.26. The van der Waals surface area contributed by atoms with Crippen molar-refractivity contribution in [2.75, 3.05) is 0 Å². The maximum atomic E-state index is 10.7. The summed E-state index contributed by atoms with van der Waals surface area (Å²) in [6.07, 6.45) is 1.75. The van der Waals surface area contributed by atoms with E-state index in [1.54, 1.807) is 0 Å². The lowest BCUT2D eigenvalue weighted by Gasteiger charge is -2.14. The number of carboxylic acid groups (broad SMARTS) is 1. The van der Waals surface area contributed by atoms with Crippen LogP contribution in [0.3, 0.4) is 0 Å². The molecule has 0 aliphatic heterocycles. The Balaban J connectivity index is 0.000000221. The number of allylic oxidation sites excluding steroid dienone is 1. The van der Waals surface area contributed by atoms with Gasteiger partial charge in [-0.15, -0.1) is 6.58 Å². The molecule has 1 aliphatic carbocycles. The maximum Gasteiger partial charge on any atom is 0.319 e. The summed E-state index contributed by atoms with van der Waals surface area (Å²) in [4.78, 5) is 21.2. The van der Waals surface area contributed by atoms with Crippen molar-refractivity contribution < 1.29 is 14.7 Å². The largest absolute Gasteiger partial charge is 0.480 e. The lowest BCUT2D eigenvalue weighted by atomic mass is 10.0. The molecule has 4 N–H and O–H groups in total. The number of nitrogens with one attached hydrogen (secondary N) is 1. The average Bonchev–Trinajstić information content (AvgIpc) is 3.45. The van der Waals surface area contributed by atoms with Gasteiger partial charge in [0.2, 0.25) is 5.91 Å². The van der Waals surface area contributed by atoms with Gasteiger partial charge in [0.15, 0.2) is 5.41 Å². The van der Waals surface area contributed by atoms with Gasteiger partial charge in [-0.1, -0.05) is 60.1 Å². The third-order valence-corrected chi connectivity index (χ3v) is 5.20. The van der Waals surface area contributed by atoms with Crippen LogP contribution in [0.4, 0.5) is 0 Å². The molecule has 0 unspecified atom stereocenters. The number of carboxylic acids is 1. The van der Waals surface area contributed by atoms with Gasteiger partial charge >= 0.3 is 5.97 Å². The summed E-state index contributed by atoms with van der Waals surface area (Å²) in [6, 6.07) is 18.7. The summed E-state index contributed by atoms with van der Waals surface area (Å²) < 4.78 is 0. The number of benzene rings is 2. The molecule has 0 spiro atoms. The van der Waals surface area contributed by atoms with E-state index in [9.17, 15) is 9.59 Å². The molecule has 1 aliphatic rings. The number of amides is 1. The second-order valence-electron chi connectivity index (χ2n) is 6.83. The second kappa shape index (κ2) is 9.53. The standard InChI is InChI=1S/C15H16ClN.C7H9NO3/c1-12(14-5-3-2-4-6-14)17-11-13-7-9-15(16)10-8-13;1-2-4-3-7(4,5(8)9)6(10)11/h2-10,12,17H,11H2,1H3;2,4H,1,3H2,(H2,8,9)(H,10,11)/t12-;4-,7+/m01/s1. The van der Waals surface area contributed by atoms with Crippen LogP contribution in [0.1, 0.15) is 30.5 Å². The fraction of sp³-hybridized carbons (Fsp3) is 0.273. The fourth-order valence-corrected chi connectivity index (χ4v) is 3.07. The zero-order valence-electron chi connectivity index (χ0n) is 15.8. The molecule has 6 heteroatoms. The van der Waals surface area contributed by atoms with Crippen molar-refractivity contribution in [1.82, 2.24) is 5.32 Å². The van der Waals surface area contributed by atoms with Crippen molar-refractivity contribution in [3.8, 4) is 0 Å². The quantitative estimate of drug-likeness (QED) is 0.484. The first-order chi connectivity index (χ1) is 13.3. The molecule has 0 radical (unpaired) electrons. The van der Waals surface area contributed by atoms with E-state index in [1.807, 2.05) is 30.3 Å². The number of aliphatic carboxylic acids is 1. The van der Waals surface area contributed by atoms with Gasteiger partial charge in [-0.3, -0.25) is 9.59 Å². The average molecular weight is 401 g/mol. The molecular formula is C22H25ClN2O3. The number of halogens is 1. The minimum absolute atomic E-state index is 0.280. The highest BCUT2D eigenvalue weighted by atomic mass is 35.5. The molecule has 3 rings (SSSR count). The van der Waals surface area contributed by atoms with Crippen LogP contribution in [0.15, 0.2) is 67.3 Å². The predicted molar refractivity (Wildman–Crippen MR) is 111 cm³/mol. The molecule has 1 saturated carbocycles. The number of rotatable bonds is 7. The van der Waals surface area contributed by atoms with Crippen LogP contribution in [0.25, 0.3) is 0 Å². The molecule has 1 amide bonds. The Morgan fingerprint density at radius 1 is 1.29 bits per heavy atom. The first-order valence-electron chi connectivity index (χ1n) is 9.00. The van der Waals surface area contributed by atoms with E-state index in [1.165, 1.54) is 17.2 Å². The maximum absolute atomic E-state index is 10.7. The van der Waals surface area contributed by atoms with E-state index in [0.717, 1.165) is 11.6 Å². The van der Waals surface area contributed by atoms with Crippen LogP contribution >= 0.6 is 11.6 Å². The van der Waals surface area contributed by atoms with Gasteiger partial charge < -0.3 is 16.2 Å². The van der Waals surface area contributed by atoms with E-state index in [-0.39, 0.29) is 5.92 Å². The van der Waals surface area contributed by atoms with E-state index in [2.05, 4.69) is 43.1 Å². The van der Waals surface area contributed by atoms with Crippen LogP contribution in [-0.4, -0.2) is 17.0 Å². The summed E-state index contributed by atoms with van der Waals surface area (Å²) in [7, 11) is 0. The molecular weight excluding hydrogens is 376 g/mol. The van der Waals surface area contributed by atoms with Crippen LogP contribution in [0, 0.1) is 11.3 Å². The third-order valence-electron chi connectivity index (χ3n) is 4.95. The smallest absolute Gasteiger partial charge is 0.319 e. The number of hydrogen-bond acceptors (Lipinski definition) is 3. The summed E-state index contributed by atoms with van der Waals surface area (Å²) in [5, 5.41) is 12.9. The molecule has 2 aromatic carbocycles. The van der Waals surface area contributed by atoms with Crippen molar-refractivity contribution in [2.45, 2.75) is 25.9 Å². The predicted octanol–water partition coefficient (Wildman–Crippen LogP) is 3.94. The third kappa shape index (κ3) is 5.21. The monoisotopic (exact) mass is 400 g/mol. The Labute approximate surface area is 170 Å². The highest BCUT2D eigenvalue weighted by Gasteiger charge is 2.63. The van der Waals surface area contributed by atoms with Gasteiger partial charge in [-0.05, 0) is 36.6 Å². The van der Waals surface area contributed by atoms with Crippen molar-refractivity contribution in [3.63, 3.8) is 0 Å². The molecule has 148 valence electrons. The normalized spacial score (nSPS) is 21.0. The molecule has 0 heterocycles. The minimum atomic E-state index is -1.35. The first-order valence-corrected chi connectivity index (χ1v) is 9.37. The Morgan fingerprint density at radius 3 is 2.32 bits per heavy atom. The number of primary amides is 1.